The zero-order chi connectivity index (χ0) is 23.4. The summed E-state index contributed by atoms with van der Waals surface area (Å²) in [6.07, 6.45) is 3.39. The van der Waals surface area contributed by atoms with Gasteiger partial charge < -0.3 is 29.7 Å². The van der Waals surface area contributed by atoms with Crippen molar-refractivity contribution in [3.8, 4) is 17.2 Å². The smallest absolute Gasteiger partial charge is 0.246 e. The molecule has 2 N–H and O–H groups in total. The van der Waals surface area contributed by atoms with E-state index in [0.29, 0.717) is 60.3 Å². The monoisotopic (exact) mass is 485 g/mol. The Morgan fingerprint density at radius 3 is 2.35 bits per heavy atom. The fourth-order valence-corrected chi connectivity index (χ4v) is 3.75. The Balaban J connectivity index is 0.00000324. The Morgan fingerprint density at radius 1 is 0.971 bits per heavy atom. The van der Waals surface area contributed by atoms with Crippen LogP contribution in [0.2, 0.25) is 0 Å². The molecule has 2 heterocycles. The number of amides is 1. The minimum atomic E-state index is -0.0340. The molecule has 0 saturated carbocycles. The number of halogens is 1. The van der Waals surface area contributed by atoms with Crippen molar-refractivity contribution in [3.63, 3.8) is 0 Å². The van der Waals surface area contributed by atoms with E-state index in [9.17, 15) is 4.79 Å². The Hall–Kier alpha value is -3.72. The molecule has 0 spiro atoms. The van der Waals surface area contributed by atoms with Crippen molar-refractivity contribution in [1.29, 1.82) is 0 Å². The molecule has 180 valence electrons. The number of benzene rings is 2. The van der Waals surface area contributed by atoms with E-state index < -0.39 is 0 Å². The molecule has 1 aliphatic rings. The Bertz CT molecular complexity index is 1200. The van der Waals surface area contributed by atoms with Crippen LogP contribution in [0, 0.1) is 0 Å². The van der Waals surface area contributed by atoms with Gasteiger partial charge >= 0.3 is 0 Å². The van der Waals surface area contributed by atoms with Gasteiger partial charge in [0, 0.05) is 43.7 Å². The second-order valence-electron chi connectivity index (χ2n) is 7.56. The average Bonchev–Trinajstić information content (AvgIpc) is 2.86. The molecule has 1 amide bonds. The van der Waals surface area contributed by atoms with Crippen LogP contribution in [0.15, 0.2) is 42.5 Å². The lowest BCUT2D eigenvalue weighted by atomic mass is 10.2. The maximum absolute atomic E-state index is 12.6. The van der Waals surface area contributed by atoms with Crippen molar-refractivity contribution in [1.82, 2.24) is 14.9 Å². The van der Waals surface area contributed by atoms with Crippen molar-refractivity contribution in [3.05, 3.63) is 48.0 Å². The van der Waals surface area contributed by atoms with Crippen LogP contribution in [0.25, 0.3) is 17.0 Å². The zero-order valence-corrected chi connectivity index (χ0v) is 20.2. The van der Waals surface area contributed by atoms with Gasteiger partial charge in [0.1, 0.15) is 11.6 Å². The molecular formula is C24H28ClN5O4. The first-order chi connectivity index (χ1) is 16.0. The number of nitrogen functional groups attached to an aromatic ring is 1. The zero-order valence-electron chi connectivity index (χ0n) is 19.4. The maximum Gasteiger partial charge on any atom is 0.246 e. The second-order valence-corrected chi connectivity index (χ2v) is 7.56. The van der Waals surface area contributed by atoms with Gasteiger partial charge in [0.15, 0.2) is 11.5 Å². The number of nitrogens with two attached hydrogens (primary N) is 1. The van der Waals surface area contributed by atoms with E-state index in [1.165, 1.54) is 0 Å². The van der Waals surface area contributed by atoms with E-state index in [0.717, 1.165) is 11.3 Å². The molecule has 0 atom stereocenters. The molecule has 0 aliphatic carbocycles. The second kappa shape index (κ2) is 10.9. The number of methoxy groups -OCH3 is 3. The highest BCUT2D eigenvalue weighted by Crippen LogP contribution is 2.34. The summed E-state index contributed by atoms with van der Waals surface area (Å²) in [6.45, 7) is 2.34. The molecule has 34 heavy (non-hydrogen) atoms. The minimum absolute atomic E-state index is 0. The standard InChI is InChI=1S/C24H27N5O4.ClH/c1-31-17-6-4-5-16(13-17)7-8-22(30)28-9-11-29(12-10-28)24-26-19-15-21(33-3)20(32-2)14-18(19)23(25)27-24;/h4-8,13-15H,9-12H2,1-3H3,(H2,25,26,27);1H/b8-7+;. The number of carbonyl (C=O) groups is 1. The topological polar surface area (TPSA) is 103 Å². The lowest BCUT2D eigenvalue weighted by molar-refractivity contribution is -0.126. The third-order valence-electron chi connectivity index (χ3n) is 5.61. The quantitative estimate of drug-likeness (QED) is 0.531. The molecule has 4 rings (SSSR count). The first kappa shape index (κ1) is 24.9. The predicted octanol–water partition coefficient (Wildman–Crippen LogP) is 3.02. The lowest BCUT2D eigenvalue weighted by Crippen LogP contribution is -2.48. The van der Waals surface area contributed by atoms with Gasteiger partial charge in [0.25, 0.3) is 0 Å². The van der Waals surface area contributed by atoms with E-state index >= 15 is 0 Å². The van der Waals surface area contributed by atoms with Crippen molar-refractivity contribution in [2.45, 2.75) is 0 Å². The number of hydrogen-bond donors (Lipinski definition) is 1. The number of fused-ring (bicyclic) bond motifs is 1. The molecule has 2 aromatic carbocycles. The molecule has 0 unspecified atom stereocenters. The summed E-state index contributed by atoms with van der Waals surface area (Å²) in [4.78, 5) is 25.6. The average molecular weight is 486 g/mol. The van der Waals surface area contributed by atoms with Gasteiger partial charge in [0.2, 0.25) is 11.9 Å². The van der Waals surface area contributed by atoms with Crippen LogP contribution in [0.1, 0.15) is 5.56 Å². The number of piperazine rings is 1. The summed E-state index contributed by atoms with van der Waals surface area (Å²) in [5.41, 5.74) is 7.80. The molecule has 9 nitrogen and oxygen atoms in total. The number of ether oxygens (including phenoxy) is 3. The summed E-state index contributed by atoms with van der Waals surface area (Å²) < 4.78 is 15.9. The number of carbonyl (C=O) groups excluding carboxylic acids is 1. The van der Waals surface area contributed by atoms with Crippen LogP contribution in [-0.4, -0.2) is 68.3 Å². The van der Waals surface area contributed by atoms with Crippen LogP contribution < -0.4 is 24.8 Å². The minimum Gasteiger partial charge on any atom is -0.497 e. The highest BCUT2D eigenvalue weighted by Gasteiger charge is 2.22. The van der Waals surface area contributed by atoms with E-state index in [4.69, 9.17) is 19.9 Å². The van der Waals surface area contributed by atoms with Crippen molar-refractivity contribution >= 4 is 47.1 Å². The molecule has 0 bridgehead atoms. The first-order valence-electron chi connectivity index (χ1n) is 10.6. The Morgan fingerprint density at radius 2 is 1.68 bits per heavy atom. The molecule has 0 radical (unpaired) electrons. The van der Waals surface area contributed by atoms with Gasteiger partial charge in [-0.15, -0.1) is 12.4 Å². The van der Waals surface area contributed by atoms with Crippen molar-refractivity contribution in [2.75, 3.05) is 58.1 Å². The number of nitrogens with zero attached hydrogens (tertiary/aromatic N) is 4. The van der Waals surface area contributed by atoms with Crippen LogP contribution in [0.5, 0.6) is 17.2 Å². The predicted molar refractivity (Wildman–Crippen MR) is 135 cm³/mol. The van der Waals surface area contributed by atoms with Crippen molar-refractivity contribution < 1.29 is 19.0 Å². The maximum atomic E-state index is 12.6. The normalized spacial score (nSPS) is 13.6. The third kappa shape index (κ3) is 5.26. The lowest BCUT2D eigenvalue weighted by Gasteiger charge is -2.34. The van der Waals surface area contributed by atoms with Gasteiger partial charge in [-0.2, -0.15) is 4.98 Å². The molecule has 10 heteroatoms. The fraction of sp³-hybridized carbons (Fsp3) is 0.292. The third-order valence-corrected chi connectivity index (χ3v) is 5.61. The summed E-state index contributed by atoms with van der Waals surface area (Å²) in [5.74, 6) is 2.77. The van der Waals surface area contributed by atoms with Gasteiger partial charge in [-0.05, 0) is 29.8 Å². The molecule has 1 aromatic heterocycles. The van der Waals surface area contributed by atoms with Gasteiger partial charge in [-0.25, -0.2) is 4.98 Å². The fourth-order valence-electron chi connectivity index (χ4n) is 3.75. The summed E-state index contributed by atoms with van der Waals surface area (Å²) in [5, 5.41) is 0.702. The molecule has 1 aliphatic heterocycles. The Labute approximate surface area is 204 Å². The van der Waals surface area contributed by atoms with Gasteiger partial charge in [0.05, 0.1) is 26.8 Å². The van der Waals surface area contributed by atoms with E-state index in [2.05, 4.69) is 9.97 Å². The molecular weight excluding hydrogens is 458 g/mol. The highest BCUT2D eigenvalue weighted by atomic mass is 35.5. The number of hydrogen-bond acceptors (Lipinski definition) is 8. The van der Waals surface area contributed by atoms with E-state index in [-0.39, 0.29) is 18.3 Å². The van der Waals surface area contributed by atoms with Crippen LogP contribution in [0.4, 0.5) is 11.8 Å². The van der Waals surface area contributed by atoms with Gasteiger partial charge in [-0.3, -0.25) is 4.79 Å². The van der Waals surface area contributed by atoms with Crippen LogP contribution in [-0.2, 0) is 4.79 Å². The number of anilines is 2. The Kier molecular flexibility index (Phi) is 8.01. The summed E-state index contributed by atoms with van der Waals surface area (Å²) in [7, 11) is 4.77. The summed E-state index contributed by atoms with van der Waals surface area (Å²) >= 11 is 0. The SMILES string of the molecule is COc1cccc(/C=C/C(=O)N2CCN(c3nc(N)c4cc(OC)c(OC)cc4n3)CC2)c1.Cl. The largest absolute Gasteiger partial charge is 0.497 e. The van der Waals surface area contributed by atoms with Gasteiger partial charge in [-0.1, -0.05) is 12.1 Å². The molecule has 3 aromatic rings. The van der Waals surface area contributed by atoms with Crippen LogP contribution >= 0.6 is 12.4 Å². The highest BCUT2D eigenvalue weighted by molar-refractivity contribution is 5.93. The first-order valence-corrected chi connectivity index (χ1v) is 10.6. The molecule has 1 saturated heterocycles. The summed E-state index contributed by atoms with van der Waals surface area (Å²) in [6, 6.07) is 11.1. The number of aromatic nitrogens is 2. The molecule has 1 fully saturated rings. The van der Waals surface area contributed by atoms with Crippen LogP contribution in [0.3, 0.4) is 0 Å². The number of rotatable bonds is 6. The van der Waals surface area contributed by atoms with Crippen molar-refractivity contribution in [2.24, 2.45) is 0 Å². The van der Waals surface area contributed by atoms with E-state index in [1.807, 2.05) is 34.1 Å². The van der Waals surface area contributed by atoms with E-state index in [1.54, 1.807) is 45.6 Å².